The SMILES string of the molecule is COC(=O)CCCOc1ccc(-c2ccc(C(C3CCCCC3)C3CCNC3=O)c(Cl)c2)cc1. The lowest BCUT2D eigenvalue weighted by Crippen LogP contribution is -2.29. The molecule has 0 spiro atoms. The molecular weight excluding hydrogens is 450 g/mol. The van der Waals surface area contributed by atoms with E-state index in [0.717, 1.165) is 40.4 Å². The van der Waals surface area contributed by atoms with Crippen LogP contribution in [0.3, 0.4) is 0 Å². The van der Waals surface area contributed by atoms with Gasteiger partial charge < -0.3 is 14.8 Å². The monoisotopic (exact) mass is 483 g/mol. The number of hydrogen-bond donors (Lipinski definition) is 1. The summed E-state index contributed by atoms with van der Waals surface area (Å²) < 4.78 is 10.4. The number of hydrogen-bond acceptors (Lipinski definition) is 4. The molecule has 2 fully saturated rings. The first-order valence-corrected chi connectivity index (χ1v) is 12.8. The molecule has 2 aromatic carbocycles. The molecule has 1 aliphatic heterocycles. The molecule has 2 unspecified atom stereocenters. The Morgan fingerprint density at radius 3 is 2.44 bits per heavy atom. The molecule has 0 radical (unpaired) electrons. The summed E-state index contributed by atoms with van der Waals surface area (Å²) >= 11 is 6.88. The number of amides is 1. The van der Waals surface area contributed by atoms with Crippen LogP contribution in [0.4, 0.5) is 0 Å². The fourth-order valence-electron chi connectivity index (χ4n) is 5.48. The summed E-state index contributed by atoms with van der Waals surface area (Å²) in [5.74, 6) is 1.44. The molecule has 1 N–H and O–H groups in total. The maximum absolute atomic E-state index is 12.6. The highest BCUT2D eigenvalue weighted by Gasteiger charge is 2.39. The van der Waals surface area contributed by atoms with Crippen molar-refractivity contribution in [3.05, 3.63) is 53.1 Å². The lowest BCUT2D eigenvalue weighted by Gasteiger charge is -2.34. The van der Waals surface area contributed by atoms with E-state index in [1.165, 1.54) is 39.2 Å². The predicted octanol–water partition coefficient (Wildman–Crippen LogP) is 6.14. The van der Waals surface area contributed by atoms with Gasteiger partial charge in [-0.25, -0.2) is 0 Å². The van der Waals surface area contributed by atoms with Gasteiger partial charge in [-0.15, -0.1) is 0 Å². The van der Waals surface area contributed by atoms with E-state index in [0.29, 0.717) is 25.4 Å². The number of nitrogens with one attached hydrogen (secondary N) is 1. The Morgan fingerprint density at radius 2 is 1.79 bits per heavy atom. The summed E-state index contributed by atoms with van der Waals surface area (Å²) in [5.41, 5.74) is 3.22. The molecule has 2 aromatic rings. The van der Waals surface area contributed by atoms with Crippen molar-refractivity contribution in [3.8, 4) is 16.9 Å². The van der Waals surface area contributed by atoms with Crippen molar-refractivity contribution < 1.29 is 19.1 Å². The smallest absolute Gasteiger partial charge is 0.305 e. The molecule has 4 rings (SSSR count). The molecule has 5 nitrogen and oxygen atoms in total. The third-order valence-electron chi connectivity index (χ3n) is 7.25. The summed E-state index contributed by atoms with van der Waals surface area (Å²) in [5, 5.41) is 3.78. The van der Waals surface area contributed by atoms with E-state index in [-0.39, 0.29) is 23.7 Å². The quantitative estimate of drug-likeness (QED) is 0.343. The lowest BCUT2D eigenvalue weighted by molar-refractivity contribution is -0.140. The summed E-state index contributed by atoms with van der Waals surface area (Å²) in [7, 11) is 1.39. The average Bonchev–Trinajstić information content (AvgIpc) is 3.29. The summed E-state index contributed by atoms with van der Waals surface area (Å²) in [4.78, 5) is 23.8. The van der Waals surface area contributed by atoms with E-state index in [2.05, 4.69) is 22.2 Å². The first-order chi connectivity index (χ1) is 16.6. The summed E-state index contributed by atoms with van der Waals surface area (Å²) in [6, 6.07) is 14.2. The summed E-state index contributed by atoms with van der Waals surface area (Å²) in [6.45, 7) is 1.23. The third kappa shape index (κ3) is 5.93. The van der Waals surface area contributed by atoms with Gasteiger partial charge in [0.05, 0.1) is 13.7 Å². The van der Waals surface area contributed by atoms with E-state index >= 15 is 0 Å². The predicted molar refractivity (Wildman–Crippen MR) is 134 cm³/mol. The number of benzene rings is 2. The second-order valence-corrected chi connectivity index (χ2v) is 9.81. The second-order valence-electron chi connectivity index (χ2n) is 9.40. The Kier molecular flexibility index (Phi) is 8.49. The molecular formula is C28H34ClNO4. The highest BCUT2D eigenvalue weighted by Crippen LogP contribution is 2.45. The highest BCUT2D eigenvalue weighted by atomic mass is 35.5. The van der Waals surface area contributed by atoms with Crippen LogP contribution in [-0.4, -0.2) is 32.1 Å². The molecule has 1 amide bonds. The maximum atomic E-state index is 12.6. The van der Waals surface area contributed by atoms with Gasteiger partial charge in [-0.2, -0.15) is 0 Å². The number of methoxy groups -OCH3 is 1. The van der Waals surface area contributed by atoms with Crippen LogP contribution in [0.1, 0.15) is 62.8 Å². The van der Waals surface area contributed by atoms with E-state index < -0.39 is 0 Å². The fraction of sp³-hybridized carbons (Fsp3) is 0.500. The zero-order valence-corrected chi connectivity index (χ0v) is 20.6. The van der Waals surface area contributed by atoms with Crippen molar-refractivity contribution in [1.82, 2.24) is 5.32 Å². The molecule has 182 valence electrons. The van der Waals surface area contributed by atoms with E-state index in [1.54, 1.807) is 0 Å². The first kappa shape index (κ1) is 24.6. The maximum Gasteiger partial charge on any atom is 0.305 e. The normalized spacial score (nSPS) is 19.5. The van der Waals surface area contributed by atoms with Gasteiger partial charge in [-0.1, -0.05) is 55.1 Å². The van der Waals surface area contributed by atoms with Gasteiger partial charge in [-0.3, -0.25) is 9.59 Å². The van der Waals surface area contributed by atoms with Gasteiger partial charge in [0, 0.05) is 23.9 Å². The Balaban J connectivity index is 1.47. The van der Waals surface area contributed by atoms with Crippen LogP contribution in [-0.2, 0) is 14.3 Å². The molecule has 2 atom stereocenters. The molecule has 1 saturated carbocycles. The van der Waals surface area contributed by atoms with Crippen molar-refractivity contribution >= 4 is 23.5 Å². The largest absolute Gasteiger partial charge is 0.494 e. The molecule has 0 aromatic heterocycles. The van der Waals surface area contributed by atoms with Crippen molar-refractivity contribution in [1.29, 1.82) is 0 Å². The number of carbonyl (C=O) groups is 2. The first-order valence-electron chi connectivity index (χ1n) is 12.4. The Labute approximate surface area is 207 Å². The van der Waals surface area contributed by atoms with Crippen LogP contribution in [0.5, 0.6) is 5.75 Å². The Bertz CT molecular complexity index is 984. The topological polar surface area (TPSA) is 64.6 Å². The number of halogens is 1. The molecule has 2 aliphatic rings. The van der Waals surface area contributed by atoms with Gasteiger partial charge in [0.1, 0.15) is 5.75 Å². The van der Waals surface area contributed by atoms with Crippen molar-refractivity contribution in [2.75, 3.05) is 20.3 Å². The minimum absolute atomic E-state index is 0.0158. The van der Waals surface area contributed by atoms with Gasteiger partial charge in [0.2, 0.25) is 5.91 Å². The average molecular weight is 484 g/mol. The van der Waals surface area contributed by atoms with Crippen molar-refractivity contribution in [2.45, 2.75) is 57.3 Å². The van der Waals surface area contributed by atoms with E-state index in [9.17, 15) is 9.59 Å². The fourth-order valence-corrected chi connectivity index (χ4v) is 5.78. The third-order valence-corrected chi connectivity index (χ3v) is 7.58. The minimum atomic E-state index is -0.224. The molecule has 1 heterocycles. The zero-order chi connectivity index (χ0) is 23.9. The van der Waals surface area contributed by atoms with Gasteiger partial charge in [-0.05, 0) is 72.4 Å². The number of ether oxygens (including phenoxy) is 2. The molecule has 1 aliphatic carbocycles. The molecule has 6 heteroatoms. The van der Waals surface area contributed by atoms with Crippen LogP contribution in [0, 0.1) is 11.8 Å². The molecule has 0 bridgehead atoms. The Morgan fingerprint density at radius 1 is 1.06 bits per heavy atom. The van der Waals surface area contributed by atoms with Crippen LogP contribution < -0.4 is 10.1 Å². The second kappa shape index (κ2) is 11.7. The zero-order valence-electron chi connectivity index (χ0n) is 19.9. The number of rotatable bonds is 9. The van der Waals surface area contributed by atoms with E-state index in [1.807, 2.05) is 30.3 Å². The van der Waals surface area contributed by atoms with Crippen LogP contribution >= 0.6 is 11.6 Å². The van der Waals surface area contributed by atoms with Crippen LogP contribution in [0.2, 0.25) is 5.02 Å². The van der Waals surface area contributed by atoms with Crippen molar-refractivity contribution in [3.63, 3.8) is 0 Å². The number of esters is 1. The molecule has 1 saturated heterocycles. The van der Waals surface area contributed by atoms with Gasteiger partial charge in [0.15, 0.2) is 0 Å². The standard InChI is InChI=1S/C28H34ClNO4/c1-33-26(31)8-5-17-34-22-12-9-19(10-13-22)21-11-14-23(25(29)18-21)27(20-6-3-2-4-7-20)24-15-16-30-28(24)32/h9-14,18,20,24,27H,2-8,15-17H2,1H3,(H,30,32). The van der Waals surface area contributed by atoms with Crippen LogP contribution in [0.25, 0.3) is 11.1 Å². The van der Waals surface area contributed by atoms with Crippen LogP contribution in [0.15, 0.2) is 42.5 Å². The molecule has 34 heavy (non-hydrogen) atoms. The summed E-state index contributed by atoms with van der Waals surface area (Å²) in [6.07, 6.45) is 7.97. The minimum Gasteiger partial charge on any atom is -0.494 e. The van der Waals surface area contributed by atoms with Gasteiger partial charge in [0.25, 0.3) is 0 Å². The van der Waals surface area contributed by atoms with Crippen molar-refractivity contribution in [2.24, 2.45) is 11.8 Å². The lowest BCUT2D eigenvalue weighted by atomic mass is 9.70. The van der Waals surface area contributed by atoms with Gasteiger partial charge >= 0.3 is 5.97 Å². The highest BCUT2D eigenvalue weighted by molar-refractivity contribution is 6.31. The van der Waals surface area contributed by atoms with E-state index in [4.69, 9.17) is 16.3 Å². The number of carbonyl (C=O) groups excluding carboxylic acids is 2. The Hall–Kier alpha value is -2.53.